The molecule has 0 saturated carbocycles. The Bertz CT molecular complexity index is 877. The molecule has 25 heavy (non-hydrogen) atoms. The van der Waals surface area contributed by atoms with Crippen LogP contribution >= 0.6 is 23.1 Å². The fourth-order valence-corrected chi connectivity index (χ4v) is 3.60. The topological polar surface area (TPSA) is 46.2 Å². The van der Waals surface area contributed by atoms with Gasteiger partial charge in [-0.15, -0.1) is 23.1 Å². The minimum absolute atomic E-state index is 0.0713. The van der Waals surface area contributed by atoms with Crippen LogP contribution in [0.1, 0.15) is 20.0 Å². The van der Waals surface area contributed by atoms with Gasteiger partial charge in [0.1, 0.15) is 5.82 Å². The van der Waals surface area contributed by atoms with E-state index in [0.29, 0.717) is 16.1 Å². The molecular formula is C19H14FNO2S2. The first-order valence-corrected chi connectivity index (χ1v) is 9.35. The van der Waals surface area contributed by atoms with E-state index in [9.17, 15) is 14.0 Å². The summed E-state index contributed by atoms with van der Waals surface area (Å²) >= 11 is 2.75. The van der Waals surface area contributed by atoms with Crippen LogP contribution in [0.15, 0.2) is 70.9 Å². The third-order valence-corrected chi connectivity index (χ3v) is 5.24. The summed E-state index contributed by atoms with van der Waals surface area (Å²) in [4.78, 5) is 25.7. The minimum atomic E-state index is -0.363. The van der Waals surface area contributed by atoms with Gasteiger partial charge in [0, 0.05) is 16.1 Å². The molecular weight excluding hydrogens is 357 g/mol. The number of carbonyl (C=O) groups excluding carboxylic acids is 2. The lowest BCUT2D eigenvalue weighted by Crippen LogP contribution is -2.10. The molecule has 0 atom stereocenters. The second-order valence-electron chi connectivity index (χ2n) is 5.18. The van der Waals surface area contributed by atoms with Crippen LogP contribution < -0.4 is 5.32 Å². The molecule has 0 saturated heterocycles. The second kappa shape index (κ2) is 8.09. The van der Waals surface area contributed by atoms with Crippen LogP contribution in [-0.4, -0.2) is 17.4 Å². The number of rotatable bonds is 6. The van der Waals surface area contributed by atoms with Gasteiger partial charge in [-0.3, -0.25) is 9.59 Å². The predicted molar refractivity (Wildman–Crippen MR) is 100 cm³/mol. The number of benzene rings is 2. The summed E-state index contributed by atoms with van der Waals surface area (Å²) < 4.78 is 12.9. The Hall–Kier alpha value is -2.44. The van der Waals surface area contributed by atoms with Gasteiger partial charge in [0.25, 0.3) is 5.91 Å². The van der Waals surface area contributed by atoms with Crippen molar-refractivity contribution in [3.8, 4) is 0 Å². The van der Waals surface area contributed by atoms with E-state index < -0.39 is 0 Å². The average molecular weight is 371 g/mol. The smallest absolute Gasteiger partial charge is 0.265 e. The average Bonchev–Trinajstić information content (AvgIpc) is 3.15. The quantitative estimate of drug-likeness (QED) is 0.483. The largest absolute Gasteiger partial charge is 0.321 e. The molecule has 1 amide bonds. The Balaban J connectivity index is 1.60. The van der Waals surface area contributed by atoms with Crippen molar-refractivity contribution in [1.82, 2.24) is 0 Å². The first-order chi connectivity index (χ1) is 12.1. The number of hydrogen-bond donors (Lipinski definition) is 1. The van der Waals surface area contributed by atoms with Gasteiger partial charge < -0.3 is 5.32 Å². The fraction of sp³-hybridized carbons (Fsp3) is 0.0526. The summed E-state index contributed by atoms with van der Waals surface area (Å²) in [5.41, 5.74) is 1.16. The molecule has 0 radical (unpaired) electrons. The number of carbonyl (C=O) groups is 2. The zero-order valence-electron chi connectivity index (χ0n) is 13.1. The first kappa shape index (κ1) is 17.4. The highest BCUT2D eigenvalue weighted by Crippen LogP contribution is 2.23. The zero-order valence-corrected chi connectivity index (χ0v) is 14.7. The maximum Gasteiger partial charge on any atom is 0.265 e. The van der Waals surface area contributed by atoms with Gasteiger partial charge in [-0.05, 0) is 53.9 Å². The third kappa shape index (κ3) is 4.78. The lowest BCUT2D eigenvalue weighted by Gasteiger charge is -2.06. The van der Waals surface area contributed by atoms with Gasteiger partial charge in [0.15, 0.2) is 5.78 Å². The van der Waals surface area contributed by atoms with Gasteiger partial charge in [-0.25, -0.2) is 4.39 Å². The predicted octanol–water partition coefficient (Wildman–Crippen LogP) is 5.11. The third-order valence-electron chi connectivity index (χ3n) is 3.37. The molecule has 0 fully saturated rings. The summed E-state index contributed by atoms with van der Waals surface area (Å²) in [5, 5.41) is 4.69. The number of thioether (sulfide) groups is 1. The minimum Gasteiger partial charge on any atom is -0.321 e. The van der Waals surface area contributed by atoms with Gasteiger partial charge in [0.05, 0.1) is 10.6 Å². The molecule has 6 heteroatoms. The van der Waals surface area contributed by atoms with E-state index in [2.05, 4.69) is 5.32 Å². The monoisotopic (exact) mass is 371 g/mol. The lowest BCUT2D eigenvalue weighted by molar-refractivity contribution is 0.101. The van der Waals surface area contributed by atoms with Crippen molar-refractivity contribution in [2.24, 2.45) is 0 Å². The van der Waals surface area contributed by atoms with E-state index in [-0.39, 0.29) is 23.3 Å². The Labute approximate surface area is 152 Å². The standard InChI is InChI=1S/C19H14FNO2S2/c20-14-8-6-13(7-9-14)17(22)12-25-16-4-1-3-15(11-16)21-19(23)18-5-2-10-24-18/h1-11H,12H2,(H,21,23). The van der Waals surface area contributed by atoms with Crippen molar-refractivity contribution >= 4 is 40.5 Å². The van der Waals surface area contributed by atoms with E-state index in [0.717, 1.165) is 4.90 Å². The molecule has 126 valence electrons. The van der Waals surface area contributed by atoms with Crippen LogP contribution in [0.4, 0.5) is 10.1 Å². The van der Waals surface area contributed by atoms with Crippen LogP contribution in [0.5, 0.6) is 0 Å². The van der Waals surface area contributed by atoms with Crippen LogP contribution in [0.2, 0.25) is 0 Å². The Morgan fingerprint density at radius 3 is 2.56 bits per heavy atom. The molecule has 1 N–H and O–H groups in total. The highest BCUT2D eigenvalue weighted by molar-refractivity contribution is 8.00. The molecule has 1 heterocycles. The zero-order chi connectivity index (χ0) is 17.6. The molecule has 0 aliphatic rings. The Morgan fingerprint density at radius 1 is 1.04 bits per heavy atom. The number of halogens is 1. The number of ketones is 1. The maximum absolute atomic E-state index is 12.9. The van der Waals surface area contributed by atoms with Crippen molar-refractivity contribution in [1.29, 1.82) is 0 Å². The number of hydrogen-bond acceptors (Lipinski definition) is 4. The lowest BCUT2D eigenvalue weighted by atomic mass is 10.1. The van der Waals surface area contributed by atoms with E-state index in [1.165, 1.54) is 47.4 Å². The highest BCUT2D eigenvalue weighted by Gasteiger charge is 2.09. The van der Waals surface area contributed by atoms with Gasteiger partial charge in [0.2, 0.25) is 0 Å². The van der Waals surface area contributed by atoms with Crippen molar-refractivity contribution in [2.45, 2.75) is 4.90 Å². The molecule has 0 spiro atoms. The number of anilines is 1. The van der Waals surface area contributed by atoms with Crippen molar-refractivity contribution in [2.75, 3.05) is 11.1 Å². The SMILES string of the molecule is O=C(CSc1cccc(NC(=O)c2cccs2)c1)c1ccc(F)cc1. The summed E-state index contributed by atoms with van der Waals surface area (Å²) in [6.45, 7) is 0. The van der Waals surface area contributed by atoms with E-state index in [4.69, 9.17) is 0 Å². The van der Waals surface area contributed by atoms with Gasteiger partial charge >= 0.3 is 0 Å². The Morgan fingerprint density at radius 2 is 1.84 bits per heavy atom. The first-order valence-electron chi connectivity index (χ1n) is 7.48. The molecule has 0 aliphatic carbocycles. The summed E-state index contributed by atoms with van der Waals surface area (Å²) in [7, 11) is 0. The molecule has 0 aliphatic heterocycles. The van der Waals surface area contributed by atoms with Crippen LogP contribution in [0, 0.1) is 5.82 Å². The van der Waals surface area contributed by atoms with Crippen LogP contribution in [0.3, 0.4) is 0 Å². The number of thiophene rings is 1. The van der Waals surface area contributed by atoms with Crippen molar-refractivity contribution in [3.05, 3.63) is 82.3 Å². The molecule has 0 unspecified atom stereocenters. The number of Topliss-reactive ketones (excluding diaryl/α,β-unsaturated/α-hetero) is 1. The van der Waals surface area contributed by atoms with E-state index in [1.807, 2.05) is 29.6 Å². The molecule has 0 bridgehead atoms. The van der Waals surface area contributed by atoms with Crippen LogP contribution in [-0.2, 0) is 0 Å². The van der Waals surface area contributed by atoms with Gasteiger partial charge in [-0.2, -0.15) is 0 Å². The summed E-state index contributed by atoms with van der Waals surface area (Å²) in [5.74, 6) is -0.343. The Kier molecular flexibility index (Phi) is 5.63. The molecule has 2 aromatic carbocycles. The summed E-state index contributed by atoms with van der Waals surface area (Å²) in [6.07, 6.45) is 0. The number of nitrogens with one attached hydrogen (secondary N) is 1. The normalized spacial score (nSPS) is 10.4. The van der Waals surface area contributed by atoms with Crippen molar-refractivity contribution in [3.63, 3.8) is 0 Å². The molecule has 3 nitrogen and oxygen atoms in total. The summed E-state index contributed by atoms with van der Waals surface area (Å²) in [6, 6.07) is 16.4. The molecule has 3 aromatic rings. The highest BCUT2D eigenvalue weighted by atomic mass is 32.2. The van der Waals surface area contributed by atoms with E-state index >= 15 is 0 Å². The van der Waals surface area contributed by atoms with E-state index in [1.54, 1.807) is 12.1 Å². The molecule has 3 rings (SSSR count). The van der Waals surface area contributed by atoms with Crippen LogP contribution in [0.25, 0.3) is 0 Å². The van der Waals surface area contributed by atoms with Gasteiger partial charge in [-0.1, -0.05) is 12.1 Å². The molecule has 1 aromatic heterocycles. The fourth-order valence-electron chi connectivity index (χ4n) is 2.13. The van der Waals surface area contributed by atoms with Crippen molar-refractivity contribution < 1.29 is 14.0 Å². The second-order valence-corrected chi connectivity index (χ2v) is 7.17. The maximum atomic E-state index is 12.9. The number of amides is 1.